The van der Waals surface area contributed by atoms with Crippen LogP contribution in [0.2, 0.25) is 0 Å². The fourth-order valence-corrected chi connectivity index (χ4v) is 2.99. The van der Waals surface area contributed by atoms with Crippen LogP contribution in [0.1, 0.15) is 22.7 Å². The molecule has 9 heteroatoms. The molecule has 1 atom stereocenters. The van der Waals surface area contributed by atoms with Crippen molar-refractivity contribution < 1.29 is 14.5 Å². The monoisotopic (exact) mass is 637 g/mol. The Labute approximate surface area is 207 Å². The molecule has 0 amide bonds. The molecule has 3 aromatic carbocycles. The third kappa shape index (κ3) is 8.69. The summed E-state index contributed by atoms with van der Waals surface area (Å²) in [4.78, 5) is 3.50. The van der Waals surface area contributed by atoms with E-state index in [0.29, 0.717) is 0 Å². The second-order valence-corrected chi connectivity index (χ2v) is 49.2. The average Bonchev–Trinajstić information content (AvgIpc) is 2.78. The molecule has 1 N–H and O–H groups in total. The minimum absolute atomic E-state index is 0.0391. The summed E-state index contributed by atoms with van der Waals surface area (Å²) in [5, 5.41) is 0. The van der Waals surface area contributed by atoms with Crippen LogP contribution in [0.5, 0.6) is 5.75 Å². The van der Waals surface area contributed by atoms with E-state index >= 15 is 0 Å². The molecule has 3 aromatic rings. The predicted molar refractivity (Wildman–Crippen MR) is 138 cm³/mol. The van der Waals surface area contributed by atoms with Crippen LogP contribution in [0.3, 0.4) is 0 Å². The molecule has 168 valence electrons. The quantitative estimate of drug-likeness (QED) is 0.336. The summed E-state index contributed by atoms with van der Waals surface area (Å²) >= 11 is -4.40. The molecule has 1 heterocycles. The Bertz CT molecular complexity index is 1080. The van der Waals surface area contributed by atoms with Crippen LogP contribution in [-0.4, -0.2) is 24.4 Å². The third-order valence-corrected chi connectivity index (χ3v) is 4.39. The van der Waals surface area contributed by atoms with E-state index in [-0.39, 0.29) is 6.04 Å². The Morgan fingerprint density at radius 3 is 1.81 bits per heavy atom. The van der Waals surface area contributed by atoms with Gasteiger partial charge in [-0.2, -0.15) is 4.99 Å². The van der Waals surface area contributed by atoms with E-state index < -0.39 is 11.4 Å². The van der Waals surface area contributed by atoms with Crippen LogP contribution in [0.25, 0.3) is 5.76 Å². The van der Waals surface area contributed by atoms with Crippen molar-refractivity contribution in [3.05, 3.63) is 108 Å². The molecule has 0 fully saturated rings. The maximum absolute atomic E-state index is 6.21. The molecule has 32 heavy (non-hydrogen) atoms. The van der Waals surface area contributed by atoms with Crippen LogP contribution >= 0.6 is 44.6 Å². The Morgan fingerprint density at radius 1 is 0.750 bits per heavy atom. The van der Waals surface area contributed by atoms with Gasteiger partial charge in [0.05, 0.1) is 12.7 Å². The van der Waals surface area contributed by atoms with Gasteiger partial charge in [-0.05, 0) is 24.3 Å². The molecule has 0 radical (unpaired) electrons. The van der Waals surface area contributed by atoms with Crippen molar-refractivity contribution in [2.24, 2.45) is 0 Å². The van der Waals surface area contributed by atoms with Gasteiger partial charge < -0.3 is 9.47 Å². The summed E-state index contributed by atoms with van der Waals surface area (Å²) in [5.74, 6) is 2.41. The van der Waals surface area contributed by atoms with Crippen molar-refractivity contribution in [2.45, 2.75) is 6.04 Å². The van der Waals surface area contributed by atoms with Gasteiger partial charge in [0.15, 0.2) is 0 Å². The third-order valence-electron chi connectivity index (χ3n) is 4.39. The molecule has 0 aromatic heterocycles. The van der Waals surface area contributed by atoms with Gasteiger partial charge >= 0.3 is 61.9 Å². The van der Waals surface area contributed by atoms with Gasteiger partial charge in [0, 0.05) is 17.2 Å². The Balaban J connectivity index is 0.000000427. The number of ether oxygens (including phenoxy) is 2. The number of methoxy groups -OCH3 is 1. The zero-order chi connectivity index (χ0) is 23.2. The number of nitrogens with one attached hydrogen (secondary N) is 1. The van der Waals surface area contributed by atoms with Crippen molar-refractivity contribution in [3.63, 3.8) is 0 Å². The summed E-state index contributed by atoms with van der Waals surface area (Å²) in [6.45, 7) is 0. The zero-order valence-electron chi connectivity index (χ0n) is 16.9. The maximum atomic E-state index is 6.21. The molecule has 1 unspecified atom stereocenters. The predicted octanol–water partition coefficient (Wildman–Crippen LogP) is 6.40. The summed E-state index contributed by atoms with van der Waals surface area (Å²) in [6.07, 6.45) is 2.12. The number of rotatable bonds is 4. The Kier molecular flexibility index (Phi) is 8.70. The number of benzene rings is 3. The van der Waals surface area contributed by atoms with Gasteiger partial charge in [-0.25, -0.2) is 0 Å². The van der Waals surface area contributed by atoms with Gasteiger partial charge in [0.2, 0.25) is 6.04 Å². The van der Waals surface area contributed by atoms with E-state index in [4.69, 9.17) is 54.1 Å². The van der Waals surface area contributed by atoms with Crippen LogP contribution in [0, 0.1) is 0 Å². The van der Waals surface area contributed by atoms with E-state index in [2.05, 4.69) is 47.5 Å². The first-order valence-electron chi connectivity index (χ1n) is 9.56. The second kappa shape index (κ2) is 10.9. The van der Waals surface area contributed by atoms with Gasteiger partial charge in [-0.3, -0.25) is 0 Å². The van der Waals surface area contributed by atoms with Crippen molar-refractivity contribution in [1.29, 1.82) is 0 Å². The summed E-state index contributed by atoms with van der Waals surface area (Å²) < 4.78 is 11.5. The molecule has 0 spiro atoms. The first kappa shape index (κ1) is 25.5. The standard InChI is InChI=1S/C23H19NO2.5ClH.Sn/c1-25-20-14-12-19(13-15-20)23-24-21(17-8-4-2-5-9-17)16-22(26-23)18-10-6-3-7-11-18;;;;;;/h2-16,21H,1H3;5*1H;/q;;;;;;+4/p-4. The summed E-state index contributed by atoms with van der Waals surface area (Å²) in [5.41, 5.74) is 3.23. The SMILES string of the molecule is COc1ccc(C2=[NH+]C(c3ccccc3)C=C(c3ccccc3)O2)cc1.[Cl][Sn-]([Cl])([Cl])([Cl])[Cl]. The summed E-state index contributed by atoms with van der Waals surface area (Å²) in [6, 6.07) is 28.4. The first-order chi connectivity index (χ1) is 15.1. The molecular weight excluding hydrogens is 618 g/mol. The van der Waals surface area contributed by atoms with Crippen molar-refractivity contribution >= 4 is 67.6 Å². The van der Waals surface area contributed by atoms with Crippen LogP contribution < -0.4 is 9.73 Å². The van der Waals surface area contributed by atoms with E-state index in [1.807, 2.05) is 48.5 Å². The number of hydrogen-bond donors (Lipinski definition) is 1. The van der Waals surface area contributed by atoms with Crippen LogP contribution in [0.4, 0.5) is 0 Å². The molecule has 0 saturated heterocycles. The fourth-order valence-electron chi connectivity index (χ4n) is 2.99. The van der Waals surface area contributed by atoms with Gasteiger partial charge in [0.25, 0.3) is 0 Å². The molecular formula is C23H20Cl5NO2Sn. The molecule has 0 bridgehead atoms. The molecule has 3 nitrogen and oxygen atoms in total. The van der Waals surface area contributed by atoms with Gasteiger partial charge in [-0.1, -0.05) is 60.7 Å². The topological polar surface area (TPSA) is 32.4 Å². The van der Waals surface area contributed by atoms with E-state index in [9.17, 15) is 0 Å². The van der Waals surface area contributed by atoms with E-state index in [0.717, 1.165) is 28.5 Å². The average molecular weight is 638 g/mol. The van der Waals surface area contributed by atoms with Gasteiger partial charge in [0.1, 0.15) is 11.5 Å². The summed E-state index contributed by atoms with van der Waals surface area (Å²) in [7, 11) is 27.0. The molecule has 1 aliphatic rings. The normalized spacial score (nSPS) is 16.8. The second-order valence-electron chi connectivity index (χ2n) is 6.80. The fraction of sp³-hybridized carbons (Fsp3) is 0.0870. The van der Waals surface area contributed by atoms with Crippen molar-refractivity contribution in [1.82, 2.24) is 0 Å². The first-order valence-corrected chi connectivity index (χ1v) is 27.6. The van der Waals surface area contributed by atoms with Gasteiger partial charge in [-0.15, -0.1) is 0 Å². The number of halogens is 5. The minimum atomic E-state index is -4.40. The van der Waals surface area contributed by atoms with E-state index in [1.54, 1.807) is 7.11 Å². The molecule has 0 saturated carbocycles. The van der Waals surface area contributed by atoms with Crippen molar-refractivity contribution in [2.75, 3.05) is 7.11 Å². The Morgan fingerprint density at radius 2 is 1.28 bits per heavy atom. The molecule has 4 rings (SSSR count). The molecule has 1 aliphatic heterocycles. The van der Waals surface area contributed by atoms with Crippen LogP contribution in [-0.2, 0) is 4.74 Å². The van der Waals surface area contributed by atoms with Crippen LogP contribution in [0.15, 0.2) is 91.0 Å². The van der Waals surface area contributed by atoms with E-state index in [1.165, 1.54) is 5.56 Å². The Hall–Kier alpha value is -1.08. The van der Waals surface area contributed by atoms with Crippen molar-refractivity contribution in [3.8, 4) is 5.75 Å². The molecule has 0 aliphatic carbocycles. The number of hydrogen-bond acceptors (Lipinski definition) is 2. The zero-order valence-corrected chi connectivity index (χ0v) is 23.6.